The SMILES string of the molecule is CC(C)(C)OC(=O)NC(Cl)C(O)CCc1ccc([N+](=O)[O-])cc1. The first-order valence-corrected chi connectivity index (χ1v) is 7.57. The van der Waals surface area contributed by atoms with Gasteiger partial charge in [-0.05, 0) is 39.2 Å². The number of hydrogen-bond donors (Lipinski definition) is 2. The summed E-state index contributed by atoms with van der Waals surface area (Å²) >= 11 is 5.94. The van der Waals surface area contributed by atoms with Gasteiger partial charge in [0.05, 0.1) is 11.0 Å². The van der Waals surface area contributed by atoms with Crippen molar-refractivity contribution in [2.24, 2.45) is 0 Å². The van der Waals surface area contributed by atoms with Crippen LogP contribution in [0.5, 0.6) is 0 Å². The van der Waals surface area contributed by atoms with E-state index in [-0.39, 0.29) is 5.69 Å². The van der Waals surface area contributed by atoms with Crippen LogP contribution < -0.4 is 5.32 Å². The number of aryl methyl sites for hydroxylation is 1. The zero-order valence-electron chi connectivity index (χ0n) is 13.3. The van der Waals surface area contributed by atoms with Crippen LogP contribution >= 0.6 is 11.6 Å². The zero-order chi connectivity index (χ0) is 17.6. The van der Waals surface area contributed by atoms with E-state index >= 15 is 0 Å². The minimum atomic E-state index is -0.983. The molecule has 0 saturated heterocycles. The lowest BCUT2D eigenvalue weighted by atomic mass is 10.1. The highest BCUT2D eigenvalue weighted by Gasteiger charge is 2.22. The molecule has 0 spiro atoms. The minimum Gasteiger partial charge on any atom is -0.444 e. The third-order valence-corrected chi connectivity index (χ3v) is 3.27. The number of alkyl halides is 1. The smallest absolute Gasteiger partial charge is 0.408 e. The Morgan fingerprint density at radius 1 is 1.39 bits per heavy atom. The quantitative estimate of drug-likeness (QED) is 0.357. The summed E-state index contributed by atoms with van der Waals surface area (Å²) in [5, 5.41) is 22.9. The van der Waals surface area contributed by atoms with E-state index in [1.807, 2.05) is 0 Å². The maximum atomic E-state index is 11.6. The Bertz CT molecular complexity index is 542. The van der Waals surface area contributed by atoms with Crippen molar-refractivity contribution in [3.63, 3.8) is 0 Å². The molecular formula is C15H21ClN2O5. The molecule has 0 aliphatic rings. The Morgan fingerprint density at radius 3 is 2.43 bits per heavy atom. The van der Waals surface area contributed by atoms with E-state index in [0.29, 0.717) is 12.8 Å². The fourth-order valence-electron chi connectivity index (χ4n) is 1.76. The second-order valence-electron chi connectivity index (χ2n) is 6.08. The van der Waals surface area contributed by atoms with E-state index in [9.17, 15) is 20.0 Å². The predicted molar refractivity (Wildman–Crippen MR) is 86.4 cm³/mol. The van der Waals surface area contributed by atoms with Crippen LogP contribution in [0.25, 0.3) is 0 Å². The lowest BCUT2D eigenvalue weighted by Gasteiger charge is -2.23. The molecule has 0 aromatic heterocycles. The number of carbonyl (C=O) groups excluding carboxylic acids is 1. The van der Waals surface area contributed by atoms with Gasteiger partial charge in [-0.2, -0.15) is 0 Å². The Kier molecular flexibility index (Phi) is 6.78. The third-order valence-electron chi connectivity index (χ3n) is 2.87. The molecule has 0 heterocycles. The molecule has 0 bridgehead atoms. The number of alkyl carbamates (subject to hydrolysis) is 1. The van der Waals surface area contributed by atoms with Crippen LogP contribution in [0, 0.1) is 10.1 Å². The molecule has 7 nitrogen and oxygen atoms in total. The number of non-ortho nitro benzene ring substituents is 1. The number of nitro groups is 1. The summed E-state index contributed by atoms with van der Waals surface area (Å²) in [5.41, 5.74) is -0.792. The first kappa shape index (κ1) is 19.2. The Balaban J connectivity index is 2.44. The fourth-order valence-corrected chi connectivity index (χ4v) is 1.98. The van der Waals surface area contributed by atoms with Gasteiger partial charge in [0.25, 0.3) is 5.69 Å². The molecule has 0 fully saturated rings. The number of benzene rings is 1. The maximum absolute atomic E-state index is 11.6. The van der Waals surface area contributed by atoms with Crippen molar-refractivity contribution in [1.82, 2.24) is 5.32 Å². The number of amides is 1. The van der Waals surface area contributed by atoms with E-state index in [4.69, 9.17) is 16.3 Å². The Labute approximate surface area is 139 Å². The normalized spacial score (nSPS) is 14.0. The van der Waals surface area contributed by atoms with Gasteiger partial charge in [-0.3, -0.25) is 10.1 Å². The third kappa shape index (κ3) is 7.30. The number of aliphatic hydroxyl groups is 1. The molecule has 23 heavy (non-hydrogen) atoms. The fraction of sp³-hybridized carbons (Fsp3) is 0.533. The number of aliphatic hydroxyl groups excluding tert-OH is 1. The van der Waals surface area contributed by atoms with Gasteiger partial charge in [-0.1, -0.05) is 23.7 Å². The van der Waals surface area contributed by atoms with E-state index in [1.54, 1.807) is 32.9 Å². The number of nitrogens with one attached hydrogen (secondary N) is 1. The highest BCUT2D eigenvalue weighted by Crippen LogP contribution is 2.15. The second kappa shape index (κ2) is 8.12. The van der Waals surface area contributed by atoms with E-state index in [0.717, 1.165) is 5.56 Å². The molecule has 0 saturated carbocycles. The van der Waals surface area contributed by atoms with Gasteiger partial charge in [-0.25, -0.2) is 4.79 Å². The van der Waals surface area contributed by atoms with Crippen molar-refractivity contribution in [3.8, 4) is 0 Å². The van der Waals surface area contributed by atoms with Gasteiger partial charge in [0.1, 0.15) is 11.1 Å². The van der Waals surface area contributed by atoms with Crippen molar-refractivity contribution in [2.75, 3.05) is 0 Å². The van der Waals surface area contributed by atoms with Gasteiger partial charge >= 0.3 is 6.09 Å². The first-order valence-electron chi connectivity index (χ1n) is 7.13. The summed E-state index contributed by atoms with van der Waals surface area (Å²) in [7, 11) is 0. The standard InChI is InChI=1S/C15H21ClN2O5/c1-15(2,3)23-14(20)17-13(16)12(19)9-6-10-4-7-11(8-5-10)18(21)22/h4-5,7-8,12-13,19H,6,9H2,1-3H3,(H,17,20). The highest BCUT2D eigenvalue weighted by atomic mass is 35.5. The van der Waals surface area contributed by atoms with Crippen LogP contribution in [-0.2, 0) is 11.2 Å². The number of carbonyl (C=O) groups is 1. The minimum absolute atomic E-state index is 0.0103. The van der Waals surface area contributed by atoms with Crippen molar-refractivity contribution in [1.29, 1.82) is 0 Å². The number of rotatable bonds is 6. The van der Waals surface area contributed by atoms with Crippen molar-refractivity contribution in [2.45, 2.75) is 50.8 Å². The van der Waals surface area contributed by atoms with E-state index < -0.39 is 28.2 Å². The van der Waals surface area contributed by atoms with Crippen LogP contribution in [0.3, 0.4) is 0 Å². The molecule has 2 unspecified atom stereocenters. The van der Waals surface area contributed by atoms with Crippen LogP contribution in [-0.4, -0.2) is 33.3 Å². The van der Waals surface area contributed by atoms with Gasteiger partial charge in [0, 0.05) is 12.1 Å². The largest absolute Gasteiger partial charge is 0.444 e. The van der Waals surface area contributed by atoms with E-state index in [1.165, 1.54) is 12.1 Å². The number of ether oxygens (including phenoxy) is 1. The number of hydrogen-bond acceptors (Lipinski definition) is 5. The monoisotopic (exact) mass is 344 g/mol. The summed E-state index contributed by atoms with van der Waals surface area (Å²) in [5.74, 6) is 0. The first-order chi connectivity index (χ1) is 10.6. The summed E-state index contributed by atoms with van der Waals surface area (Å²) in [6.07, 6.45) is -0.911. The summed E-state index contributed by atoms with van der Waals surface area (Å²) in [6, 6.07) is 6.04. The Morgan fingerprint density at radius 2 is 1.96 bits per heavy atom. The van der Waals surface area contributed by atoms with Gasteiger partial charge in [0.2, 0.25) is 0 Å². The molecule has 0 aliphatic carbocycles. The molecule has 1 aromatic rings. The molecule has 0 aliphatic heterocycles. The molecule has 1 amide bonds. The highest BCUT2D eigenvalue weighted by molar-refractivity contribution is 6.21. The number of nitro benzene ring substituents is 1. The summed E-state index contributed by atoms with van der Waals surface area (Å²) in [4.78, 5) is 21.6. The summed E-state index contributed by atoms with van der Waals surface area (Å²) in [6.45, 7) is 5.17. The predicted octanol–water partition coefficient (Wildman–Crippen LogP) is 2.98. The van der Waals surface area contributed by atoms with E-state index in [2.05, 4.69) is 5.32 Å². The average molecular weight is 345 g/mol. The second-order valence-corrected chi connectivity index (χ2v) is 6.55. The van der Waals surface area contributed by atoms with Gasteiger partial charge in [0.15, 0.2) is 0 Å². The van der Waals surface area contributed by atoms with Crippen LogP contribution in [0.2, 0.25) is 0 Å². The zero-order valence-corrected chi connectivity index (χ0v) is 14.0. The summed E-state index contributed by atoms with van der Waals surface area (Å²) < 4.78 is 5.05. The molecule has 1 rings (SSSR count). The van der Waals surface area contributed by atoms with Gasteiger partial charge < -0.3 is 15.2 Å². The topological polar surface area (TPSA) is 102 Å². The lowest BCUT2D eigenvalue weighted by Crippen LogP contribution is -2.42. The molecule has 2 N–H and O–H groups in total. The van der Waals surface area contributed by atoms with Crippen molar-refractivity contribution >= 4 is 23.4 Å². The lowest BCUT2D eigenvalue weighted by molar-refractivity contribution is -0.384. The van der Waals surface area contributed by atoms with Crippen molar-refractivity contribution < 1.29 is 19.6 Å². The maximum Gasteiger partial charge on any atom is 0.408 e. The number of halogens is 1. The van der Waals surface area contributed by atoms with Crippen LogP contribution in [0.4, 0.5) is 10.5 Å². The molecular weight excluding hydrogens is 324 g/mol. The molecule has 0 radical (unpaired) electrons. The molecule has 1 aromatic carbocycles. The molecule has 8 heteroatoms. The molecule has 128 valence electrons. The number of nitrogens with zero attached hydrogens (tertiary/aromatic N) is 1. The average Bonchev–Trinajstić information content (AvgIpc) is 2.42. The Hall–Kier alpha value is -1.86. The van der Waals surface area contributed by atoms with Gasteiger partial charge in [-0.15, -0.1) is 0 Å². The van der Waals surface area contributed by atoms with Crippen LogP contribution in [0.15, 0.2) is 24.3 Å². The molecule has 2 atom stereocenters. The van der Waals surface area contributed by atoms with Crippen LogP contribution in [0.1, 0.15) is 32.8 Å². The van der Waals surface area contributed by atoms with Crippen molar-refractivity contribution in [3.05, 3.63) is 39.9 Å².